The van der Waals surface area contributed by atoms with Gasteiger partial charge in [0.2, 0.25) is 0 Å². The summed E-state index contributed by atoms with van der Waals surface area (Å²) in [6.07, 6.45) is 4.28. The molecule has 6 nitrogen and oxygen atoms in total. The van der Waals surface area contributed by atoms with E-state index in [4.69, 9.17) is 10.9 Å². The number of hydrogen-bond acceptors (Lipinski definition) is 5. The van der Waals surface area contributed by atoms with Crippen molar-refractivity contribution in [2.45, 2.75) is 31.8 Å². The summed E-state index contributed by atoms with van der Waals surface area (Å²) in [7, 11) is 0. The van der Waals surface area contributed by atoms with Crippen LogP contribution in [0.5, 0.6) is 0 Å². The summed E-state index contributed by atoms with van der Waals surface area (Å²) in [5.74, 6) is 1.04. The zero-order valence-electron chi connectivity index (χ0n) is 11.7. The second kappa shape index (κ2) is 5.28. The van der Waals surface area contributed by atoms with Gasteiger partial charge in [0, 0.05) is 36.9 Å². The normalized spacial score (nSPS) is 27.6. The molecule has 3 N–H and O–H groups in total. The molecule has 2 atom stereocenters. The van der Waals surface area contributed by atoms with Crippen LogP contribution in [0.25, 0.3) is 0 Å². The molecule has 0 radical (unpaired) electrons. The molecule has 2 aliphatic heterocycles. The molecular weight excluding hydrogens is 254 g/mol. The van der Waals surface area contributed by atoms with Gasteiger partial charge in [0.25, 0.3) is 0 Å². The number of rotatable bonds is 2. The standard InChI is InChI=1S/C14H21N5O/c1-10-8-18-6-2-3-12(18)9-19(10)13-7-11(4-5-16-13)14(15)17-20/h4-5,7,10,12,20H,2-3,6,8-9H2,1H3,(H2,15,17). The molecule has 2 fully saturated rings. The van der Waals surface area contributed by atoms with Crippen LogP contribution in [-0.2, 0) is 0 Å². The Morgan fingerprint density at radius 2 is 2.35 bits per heavy atom. The Kier molecular flexibility index (Phi) is 3.48. The molecular formula is C14H21N5O. The first kappa shape index (κ1) is 13.2. The monoisotopic (exact) mass is 275 g/mol. The fraction of sp³-hybridized carbons (Fsp3) is 0.571. The SMILES string of the molecule is CC1CN2CCCC2CN1c1cc(/C(N)=N/O)ccn1. The predicted molar refractivity (Wildman–Crippen MR) is 78.2 cm³/mol. The van der Waals surface area contributed by atoms with Gasteiger partial charge < -0.3 is 15.8 Å². The largest absolute Gasteiger partial charge is 0.409 e. The summed E-state index contributed by atoms with van der Waals surface area (Å²) in [4.78, 5) is 9.37. The number of aromatic nitrogens is 1. The maximum atomic E-state index is 8.79. The van der Waals surface area contributed by atoms with Gasteiger partial charge in [-0.2, -0.15) is 0 Å². The Bertz CT molecular complexity index is 518. The molecule has 2 saturated heterocycles. The van der Waals surface area contributed by atoms with Gasteiger partial charge in [-0.15, -0.1) is 0 Å². The van der Waals surface area contributed by atoms with E-state index in [1.807, 2.05) is 6.07 Å². The van der Waals surface area contributed by atoms with E-state index >= 15 is 0 Å². The molecule has 0 amide bonds. The molecule has 1 aromatic heterocycles. The number of hydrogen-bond donors (Lipinski definition) is 2. The van der Waals surface area contributed by atoms with Crippen LogP contribution in [0.15, 0.2) is 23.5 Å². The Morgan fingerprint density at radius 1 is 1.50 bits per heavy atom. The minimum absolute atomic E-state index is 0.126. The van der Waals surface area contributed by atoms with E-state index in [0.29, 0.717) is 17.6 Å². The fourth-order valence-electron chi connectivity index (χ4n) is 3.30. The second-order valence-electron chi connectivity index (χ2n) is 5.68. The van der Waals surface area contributed by atoms with E-state index in [2.05, 4.69) is 26.9 Å². The molecule has 0 bridgehead atoms. The van der Waals surface area contributed by atoms with Crippen molar-refractivity contribution in [3.63, 3.8) is 0 Å². The summed E-state index contributed by atoms with van der Waals surface area (Å²) in [5.41, 5.74) is 6.37. The number of fused-ring (bicyclic) bond motifs is 1. The first-order valence-corrected chi connectivity index (χ1v) is 7.13. The quantitative estimate of drug-likeness (QED) is 0.362. The molecule has 1 aromatic rings. The zero-order chi connectivity index (χ0) is 14.1. The van der Waals surface area contributed by atoms with Gasteiger partial charge >= 0.3 is 0 Å². The van der Waals surface area contributed by atoms with Crippen molar-refractivity contribution < 1.29 is 5.21 Å². The predicted octanol–water partition coefficient (Wildman–Crippen LogP) is 0.849. The number of nitrogens with zero attached hydrogens (tertiary/aromatic N) is 4. The highest BCUT2D eigenvalue weighted by atomic mass is 16.4. The number of oxime groups is 1. The van der Waals surface area contributed by atoms with E-state index < -0.39 is 0 Å². The van der Waals surface area contributed by atoms with Crippen LogP contribution in [0.3, 0.4) is 0 Å². The lowest BCUT2D eigenvalue weighted by molar-refractivity contribution is 0.202. The first-order chi connectivity index (χ1) is 9.69. The molecule has 0 spiro atoms. The van der Waals surface area contributed by atoms with Gasteiger partial charge in [-0.3, -0.25) is 4.90 Å². The highest BCUT2D eigenvalue weighted by molar-refractivity contribution is 5.97. The lowest BCUT2D eigenvalue weighted by Crippen LogP contribution is -2.55. The highest BCUT2D eigenvalue weighted by Crippen LogP contribution is 2.27. The van der Waals surface area contributed by atoms with E-state index in [1.54, 1.807) is 12.3 Å². The minimum Gasteiger partial charge on any atom is -0.409 e. The molecule has 2 unspecified atom stereocenters. The van der Waals surface area contributed by atoms with Gasteiger partial charge in [-0.05, 0) is 38.4 Å². The summed E-state index contributed by atoms with van der Waals surface area (Å²) in [6, 6.07) is 4.73. The van der Waals surface area contributed by atoms with Gasteiger partial charge in [-0.1, -0.05) is 5.16 Å². The van der Waals surface area contributed by atoms with Crippen molar-refractivity contribution in [3.8, 4) is 0 Å². The van der Waals surface area contributed by atoms with Crippen molar-refractivity contribution in [2.24, 2.45) is 10.9 Å². The molecule has 2 aliphatic rings. The molecule has 0 aliphatic carbocycles. The van der Waals surface area contributed by atoms with Crippen LogP contribution < -0.4 is 10.6 Å². The number of anilines is 1. The van der Waals surface area contributed by atoms with E-state index in [0.717, 1.165) is 18.9 Å². The third-order valence-electron chi connectivity index (χ3n) is 4.38. The number of nitrogens with two attached hydrogens (primary N) is 1. The van der Waals surface area contributed by atoms with Crippen molar-refractivity contribution in [2.75, 3.05) is 24.5 Å². The van der Waals surface area contributed by atoms with E-state index in [-0.39, 0.29) is 5.84 Å². The van der Waals surface area contributed by atoms with Gasteiger partial charge in [0.05, 0.1) is 0 Å². The third kappa shape index (κ3) is 2.31. The summed E-state index contributed by atoms with van der Waals surface area (Å²) in [6.45, 7) is 5.54. The number of amidine groups is 1. The van der Waals surface area contributed by atoms with Crippen LogP contribution in [0.4, 0.5) is 5.82 Å². The molecule has 6 heteroatoms. The van der Waals surface area contributed by atoms with Crippen molar-refractivity contribution in [3.05, 3.63) is 23.9 Å². The summed E-state index contributed by atoms with van der Waals surface area (Å²) in [5, 5.41) is 11.8. The van der Waals surface area contributed by atoms with Gasteiger partial charge in [-0.25, -0.2) is 4.98 Å². The van der Waals surface area contributed by atoms with Crippen molar-refractivity contribution in [1.82, 2.24) is 9.88 Å². The van der Waals surface area contributed by atoms with Crippen LogP contribution in [0, 0.1) is 0 Å². The van der Waals surface area contributed by atoms with Gasteiger partial charge in [0.15, 0.2) is 5.84 Å². The Balaban J connectivity index is 1.84. The van der Waals surface area contributed by atoms with Crippen molar-refractivity contribution >= 4 is 11.7 Å². The lowest BCUT2D eigenvalue weighted by Gasteiger charge is -2.43. The molecule has 3 rings (SSSR count). The van der Waals surface area contributed by atoms with Crippen LogP contribution in [-0.4, -0.2) is 52.6 Å². The zero-order valence-corrected chi connectivity index (χ0v) is 11.7. The molecule has 0 saturated carbocycles. The Labute approximate surface area is 118 Å². The second-order valence-corrected chi connectivity index (χ2v) is 5.68. The van der Waals surface area contributed by atoms with Crippen molar-refractivity contribution in [1.29, 1.82) is 0 Å². The maximum absolute atomic E-state index is 8.79. The number of piperazine rings is 1. The van der Waals surface area contributed by atoms with Crippen LogP contribution >= 0.6 is 0 Å². The Morgan fingerprint density at radius 3 is 3.15 bits per heavy atom. The number of pyridine rings is 1. The Hall–Kier alpha value is -1.82. The lowest BCUT2D eigenvalue weighted by atomic mass is 10.1. The molecule has 108 valence electrons. The highest BCUT2D eigenvalue weighted by Gasteiger charge is 2.34. The van der Waals surface area contributed by atoms with E-state index in [1.165, 1.54) is 19.4 Å². The average Bonchev–Trinajstić information content (AvgIpc) is 2.92. The molecule has 20 heavy (non-hydrogen) atoms. The van der Waals surface area contributed by atoms with Gasteiger partial charge in [0.1, 0.15) is 5.82 Å². The molecule has 3 heterocycles. The first-order valence-electron chi connectivity index (χ1n) is 7.13. The maximum Gasteiger partial charge on any atom is 0.170 e. The van der Waals surface area contributed by atoms with Crippen LogP contribution in [0.2, 0.25) is 0 Å². The summed E-state index contributed by atoms with van der Waals surface area (Å²) >= 11 is 0. The summed E-state index contributed by atoms with van der Waals surface area (Å²) < 4.78 is 0. The topological polar surface area (TPSA) is 78.0 Å². The van der Waals surface area contributed by atoms with Crippen LogP contribution in [0.1, 0.15) is 25.3 Å². The van der Waals surface area contributed by atoms with E-state index in [9.17, 15) is 0 Å². The minimum atomic E-state index is 0.126. The smallest absolute Gasteiger partial charge is 0.170 e. The average molecular weight is 275 g/mol. The molecule has 0 aromatic carbocycles. The third-order valence-corrected chi connectivity index (χ3v) is 4.38. The fourth-order valence-corrected chi connectivity index (χ4v) is 3.30.